The molecule has 0 saturated carbocycles. The van der Waals surface area contributed by atoms with Gasteiger partial charge in [-0.05, 0) is 19.3 Å². The molecule has 0 aliphatic heterocycles. The van der Waals surface area contributed by atoms with E-state index >= 15 is 0 Å². The first-order valence-electron chi connectivity index (χ1n) is 6.89. The van der Waals surface area contributed by atoms with E-state index < -0.39 is 0 Å². The van der Waals surface area contributed by atoms with Gasteiger partial charge in [-0.1, -0.05) is 13.8 Å². The van der Waals surface area contributed by atoms with E-state index in [4.69, 9.17) is 0 Å². The van der Waals surface area contributed by atoms with Crippen LogP contribution in [-0.2, 0) is 13.5 Å². The van der Waals surface area contributed by atoms with Crippen LogP contribution in [0.1, 0.15) is 33.0 Å². The number of imidazole rings is 1. The summed E-state index contributed by atoms with van der Waals surface area (Å²) in [6.45, 7) is 6.98. The average molecular weight is 266 g/mol. The lowest BCUT2D eigenvalue weighted by molar-refractivity contribution is 0.201. The Labute approximate surface area is 116 Å². The van der Waals surface area contributed by atoms with Crippen molar-refractivity contribution in [3.63, 3.8) is 0 Å². The van der Waals surface area contributed by atoms with Crippen LogP contribution in [0.15, 0.2) is 12.4 Å². The van der Waals surface area contributed by atoms with E-state index in [2.05, 4.69) is 24.1 Å². The van der Waals surface area contributed by atoms with Gasteiger partial charge in [0.2, 0.25) is 0 Å². The first-order chi connectivity index (χ1) is 8.91. The van der Waals surface area contributed by atoms with E-state index in [0.29, 0.717) is 5.92 Å². The lowest BCUT2D eigenvalue weighted by Gasteiger charge is -2.23. The molecule has 1 heterocycles. The van der Waals surface area contributed by atoms with Crippen LogP contribution < -0.4 is 5.32 Å². The fraction of sp³-hybridized carbons (Fsp3) is 0.714. The highest BCUT2D eigenvalue weighted by Crippen LogP contribution is 2.03. The summed E-state index contributed by atoms with van der Waals surface area (Å²) in [5, 5.41) is 3.00. The molecular formula is C14H26N4O. The summed E-state index contributed by atoms with van der Waals surface area (Å²) >= 11 is 0. The van der Waals surface area contributed by atoms with Crippen LogP contribution in [0.3, 0.4) is 0 Å². The Morgan fingerprint density at radius 2 is 2.16 bits per heavy atom. The molecule has 19 heavy (non-hydrogen) atoms. The van der Waals surface area contributed by atoms with Gasteiger partial charge in [0, 0.05) is 45.5 Å². The van der Waals surface area contributed by atoms with Gasteiger partial charge in [-0.3, -0.25) is 0 Å². The van der Waals surface area contributed by atoms with Crippen molar-refractivity contribution in [3.8, 4) is 0 Å². The summed E-state index contributed by atoms with van der Waals surface area (Å²) in [5.41, 5.74) is 0. The van der Waals surface area contributed by atoms with E-state index in [1.165, 1.54) is 0 Å². The highest BCUT2D eigenvalue weighted by atomic mass is 16.2. The third kappa shape index (κ3) is 4.93. The number of carbonyl (C=O) groups excluding carboxylic acids is 1. The minimum Gasteiger partial charge on any atom is -0.338 e. The smallest absolute Gasteiger partial charge is 0.317 e. The van der Waals surface area contributed by atoms with Crippen LogP contribution in [0.4, 0.5) is 4.79 Å². The van der Waals surface area contributed by atoms with Crippen LogP contribution in [0.5, 0.6) is 0 Å². The van der Waals surface area contributed by atoms with Crippen LogP contribution in [0.2, 0.25) is 0 Å². The molecule has 108 valence electrons. The quantitative estimate of drug-likeness (QED) is 0.856. The third-order valence-corrected chi connectivity index (χ3v) is 3.51. The first kappa shape index (κ1) is 15.5. The van der Waals surface area contributed by atoms with Crippen molar-refractivity contribution in [2.45, 2.75) is 39.7 Å². The second-order valence-electron chi connectivity index (χ2n) is 5.46. The normalized spacial score (nSPS) is 12.5. The average Bonchev–Trinajstić information content (AvgIpc) is 2.74. The minimum absolute atomic E-state index is 0.000963. The third-order valence-electron chi connectivity index (χ3n) is 3.51. The lowest BCUT2D eigenvalue weighted by atomic mass is 10.1. The van der Waals surface area contributed by atoms with Crippen molar-refractivity contribution < 1.29 is 4.79 Å². The van der Waals surface area contributed by atoms with Crippen molar-refractivity contribution in [1.82, 2.24) is 19.8 Å². The molecule has 0 aromatic carbocycles. The molecule has 1 rings (SSSR count). The molecule has 0 radical (unpaired) electrons. The molecule has 1 N–H and O–H groups in total. The highest BCUT2D eigenvalue weighted by Gasteiger charge is 2.14. The molecule has 1 atom stereocenters. The number of nitrogens with one attached hydrogen (secondary N) is 1. The molecule has 1 aromatic heterocycles. The summed E-state index contributed by atoms with van der Waals surface area (Å²) in [4.78, 5) is 17.9. The summed E-state index contributed by atoms with van der Waals surface area (Å²) in [7, 11) is 3.82. The summed E-state index contributed by atoms with van der Waals surface area (Å²) in [5.74, 6) is 1.51. The number of hydrogen-bond acceptors (Lipinski definition) is 2. The molecule has 0 aliphatic carbocycles. The first-order valence-corrected chi connectivity index (χ1v) is 6.89. The van der Waals surface area contributed by atoms with Gasteiger partial charge in [-0.15, -0.1) is 0 Å². The number of amides is 2. The minimum atomic E-state index is 0.000963. The Morgan fingerprint density at radius 3 is 2.68 bits per heavy atom. The largest absolute Gasteiger partial charge is 0.338 e. The van der Waals surface area contributed by atoms with E-state index in [1.54, 1.807) is 11.1 Å². The van der Waals surface area contributed by atoms with Crippen LogP contribution >= 0.6 is 0 Å². The van der Waals surface area contributed by atoms with E-state index in [1.807, 2.05) is 31.8 Å². The van der Waals surface area contributed by atoms with Gasteiger partial charge in [-0.25, -0.2) is 9.78 Å². The number of aromatic nitrogens is 2. The maximum atomic E-state index is 11.9. The number of urea groups is 1. The molecule has 1 aromatic rings. The van der Waals surface area contributed by atoms with Gasteiger partial charge < -0.3 is 14.8 Å². The zero-order valence-electron chi connectivity index (χ0n) is 12.7. The molecule has 5 heteroatoms. The fourth-order valence-corrected chi connectivity index (χ4v) is 1.68. The predicted molar refractivity (Wildman–Crippen MR) is 77.0 cm³/mol. The van der Waals surface area contributed by atoms with Crippen molar-refractivity contribution in [3.05, 3.63) is 18.2 Å². The monoisotopic (exact) mass is 266 g/mol. The molecule has 0 fully saturated rings. The Hall–Kier alpha value is -1.52. The summed E-state index contributed by atoms with van der Waals surface area (Å²) in [6.07, 6.45) is 5.55. The van der Waals surface area contributed by atoms with Crippen LogP contribution in [0, 0.1) is 5.92 Å². The van der Waals surface area contributed by atoms with Crippen molar-refractivity contribution in [2.75, 3.05) is 13.6 Å². The Balaban J connectivity index is 2.29. The van der Waals surface area contributed by atoms with E-state index in [0.717, 1.165) is 25.2 Å². The van der Waals surface area contributed by atoms with Crippen molar-refractivity contribution >= 4 is 6.03 Å². The summed E-state index contributed by atoms with van der Waals surface area (Å²) in [6, 6.07) is 0.200. The molecule has 0 bridgehead atoms. The fourth-order valence-electron chi connectivity index (χ4n) is 1.68. The zero-order valence-corrected chi connectivity index (χ0v) is 12.7. The van der Waals surface area contributed by atoms with Gasteiger partial charge >= 0.3 is 6.03 Å². The maximum Gasteiger partial charge on any atom is 0.317 e. The van der Waals surface area contributed by atoms with Crippen molar-refractivity contribution in [2.24, 2.45) is 13.0 Å². The molecule has 1 unspecified atom stereocenters. The molecule has 0 saturated heterocycles. The molecule has 0 aliphatic rings. The molecule has 0 spiro atoms. The lowest BCUT2D eigenvalue weighted by Crippen LogP contribution is -2.44. The van der Waals surface area contributed by atoms with Gasteiger partial charge in [0.1, 0.15) is 5.82 Å². The highest BCUT2D eigenvalue weighted by molar-refractivity contribution is 5.74. The Kier molecular flexibility index (Phi) is 5.86. The van der Waals surface area contributed by atoms with Crippen molar-refractivity contribution in [1.29, 1.82) is 0 Å². The topological polar surface area (TPSA) is 50.2 Å². The van der Waals surface area contributed by atoms with Gasteiger partial charge in [0.05, 0.1) is 0 Å². The van der Waals surface area contributed by atoms with Gasteiger partial charge in [0.25, 0.3) is 0 Å². The molecule has 2 amide bonds. The van der Waals surface area contributed by atoms with Crippen LogP contribution in [-0.4, -0.2) is 40.1 Å². The van der Waals surface area contributed by atoms with Gasteiger partial charge in [0.15, 0.2) is 0 Å². The van der Waals surface area contributed by atoms with Gasteiger partial charge in [-0.2, -0.15) is 0 Å². The Morgan fingerprint density at radius 1 is 1.47 bits per heavy atom. The standard InChI is InChI=1S/C14H26N4O/c1-11(2)12(3)16-14(19)18(5)9-6-7-13-15-8-10-17(13)4/h8,10-12H,6-7,9H2,1-5H3,(H,16,19). The zero-order chi connectivity index (χ0) is 14.4. The second-order valence-corrected chi connectivity index (χ2v) is 5.46. The maximum absolute atomic E-state index is 11.9. The number of carbonyl (C=O) groups is 1. The number of nitrogens with zero attached hydrogens (tertiary/aromatic N) is 3. The summed E-state index contributed by atoms with van der Waals surface area (Å²) < 4.78 is 2.01. The number of aryl methyl sites for hydroxylation is 2. The predicted octanol–water partition coefficient (Wildman–Crippen LogP) is 2.04. The van der Waals surface area contributed by atoms with Crippen LogP contribution in [0.25, 0.3) is 0 Å². The molecular weight excluding hydrogens is 240 g/mol. The van der Waals surface area contributed by atoms with E-state index in [9.17, 15) is 4.79 Å². The van der Waals surface area contributed by atoms with E-state index in [-0.39, 0.29) is 12.1 Å². The number of hydrogen-bond donors (Lipinski definition) is 1. The molecule has 5 nitrogen and oxygen atoms in total. The number of rotatable bonds is 6. The SMILES string of the molecule is CC(C)C(C)NC(=O)N(C)CCCc1nccn1C. The second kappa shape index (κ2) is 7.16. The Bertz CT molecular complexity index is 400.